The van der Waals surface area contributed by atoms with Crippen LogP contribution in [-0.4, -0.2) is 41.3 Å². The standard InChI is InChI=1S/C23H22ClN3O3/c24-16-7-9-17(10-8-16)27-13-11-18(23(27)29)22(28)26-12-3-4-15(14-26)21-25-19-5-1-2-6-20(19)30-21/h1-2,5-10,15,18H,3-4,11-14H2. The van der Waals surface area contributed by atoms with Crippen LogP contribution in [0.15, 0.2) is 52.9 Å². The second kappa shape index (κ2) is 7.76. The molecular formula is C23H22ClN3O3. The summed E-state index contributed by atoms with van der Waals surface area (Å²) in [5, 5.41) is 0.622. The van der Waals surface area contributed by atoms with Gasteiger partial charge in [-0.1, -0.05) is 23.7 Å². The molecule has 0 N–H and O–H groups in total. The lowest BCUT2D eigenvalue weighted by molar-refractivity contribution is -0.140. The Morgan fingerprint density at radius 3 is 2.67 bits per heavy atom. The molecule has 2 atom stereocenters. The summed E-state index contributed by atoms with van der Waals surface area (Å²) in [6.45, 7) is 1.75. The predicted octanol–water partition coefficient (Wildman–Crippen LogP) is 4.24. The summed E-state index contributed by atoms with van der Waals surface area (Å²) in [5.41, 5.74) is 2.38. The molecule has 2 aliphatic heterocycles. The minimum Gasteiger partial charge on any atom is -0.440 e. The van der Waals surface area contributed by atoms with Gasteiger partial charge in [0.05, 0.1) is 5.92 Å². The monoisotopic (exact) mass is 423 g/mol. The zero-order valence-corrected chi connectivity index (χ0v) is 17.2. The highest BCUT2D eigenvalue weighted by atomic mass is 35.5. The molecule has 2 aromatic carbocycles. The fraction of sp³-hybridized carbons (Fsp3) is 0.348. The minimum absolute atomic E-state index is 0.0546. The van der Waals surface area contributed by atoms with E-state index in [4.69, 9.17) is 16.0 Å². The number of hydrogen-bond donors (Lipinski definition) is 0. The summed E-state index contributed by atoms with van der Waals surface area (Å²) in [5.74, 6) is -0.111. The smallest absolute Gasteiger partial charge is 0.239 e. The number of nitrogens with zero attached hydrogens (tertiary/aromatic N) is 3. The van der Waals surface area contributed by atoms with Crippen molar-refractivity contribution in [2.45, 2.75) is 25.2 Å². The molecule has 2 amide bonds. The molecule has 0 saturated carbocycles. The van der Waals surface area contributed by atoms with Crippen molar-refractivity contribution in [1.29, 1.82) is 0 Å². The first kappa shape index (κ1) is 19.1. The molecule has 0 aliphatic carbocycles. The topological polar surface area (TPSA) is 66.7 Å². The van der Waals surface area contributed by atoms with Crippen LogP contribution in [0.2, 0.25) is 5.02 Å². The zero-order chi connectivity index (χ0) is 20.7. The van der Waals surface area contributed by atoms with Gasteiger partial charge in [-0.2, -0.15) is 0 Å². The summed E-state index contributed by atoms with van der Waals surface area (Å²) in [4.78, 5) is 34.3. The number of carbonyl (C=O) groups excluding carboxylic acids is 2. The molecule has 7 heteroatoms. The number of likely N-dealkylation sites (tertiary alicyclic amines) is 1. The molecule has 2 aliphatic rings. The van der Waals surface area contributed by atoms with Crippen LogP contribution in [0.25, 0.3) is 11.1 Å². The Bertz CT molecular complexity index is 1060. The van der Waals surface area contributed by atoms with Gasteiger partial charge in [0.1, 0.15) is 11.4 Å². The van der Waals surface area contributed by atoms with Crippen molar-refractivity contribution in [1.82, 2.24) is 9.88 Å². The van der Waals surface area contributed by atoms with E-state index >= 15 is 0 Å². The first-order chi connectivity index (χ1) is 14.6. The number of amides is 2. The van der Waals surface area contributed by atoms with E-state index in [2.05, 4.69) is 4.98 Å². The van der Waals surface area contributed by atoms with Crippen molar-refractivity contribution < 1.29 is 14.0 Å². The summed E-state index contributed by atoms with van der Waals surface area (Å²) in [6.07, 6.45) is 2.33. The van der Waals surface area contributed by atoms with Crippen LogP contribution in [0.3, 0.4) is 0 Å². The molecule has 1 aromatic heterocycles. The molecule has 30 heavy (non-hydrogen) atoms. The first-order valence-electron chi connectivity index (χ1n) is 10.3. The number of hydrogen-bond acceptors (Lipinski definition) is 4. The predicted molar refractivity (Wildman–Crippen MR) is 114 cm³/mol. The van der Waals surface area contributed by atoms with Gasteiger partial charge in [-0.15, -0.1) is 0 Å². The molecule has 3 heterocycles. The molecular weight excluding hydrogens is 402 g/mol. The molecule has 5 rings (SSSR count). The number of aromatic nitrogens is 1. The summed E-state index contributed by atoms with van der Waals surface area (Å²) in [7, 11) is 0. The average molecular weight is 424 g/mol. The maximum atomic E-state index is 13.2. The fourth-order valence-corrected chi connectivity index (χ4v) is 4.58. The van der Waals surface area contributed by atoms with Crippen LogP contribution >= 0.6 is 11.6 Å². The van der Waals surface area contributed by atoms with Crippen molar-refractivity contribution in [2.24, 2.45) is 5.92 Å². The Morgan fingerprint density at radius 1 is 1.07 bits per heavy atom. The summed E-state index contributed by atoms with van der Waals surface area (Å²) < 4.78 is 5.93. The van der Waals surface area contributed by atoms with E-state index in [1.54, 1.807) is 17.0 Å². The van der Waals surface area contributed by atoms with Gasteiger partial charge in [0.2, 0.25) is 11.8 Å². The van der Waals surface area contributed by atoms with Gasteiger partial charge in [-0.25, -0.2) is 4.98 Å². The van der Waals surface area contributed by atoms with E-state index in [9.17, 15) is 9.59 Å². The van der Waals surface area contributed by atoms with Crippen LogP contribution in [0.5, 0.6) is 0 Å². The molecule has 2 fully saturated rings. The summed E-state index contributed by atoms with van der Waals surface area (Å²) in [6, 6.07) is 14.8. The van der Waals surface area contributed by atoms with E-state index in [-0.39, 0.29) is 17.7 Å². The van der Waals surface area contributed by atoms with Crippen molar-refractivity contribution in [2.75, 3.05) is 24.5 Å². The molecule has 154 valence electrons. The van der Waals surface area contributed by atoms with Gasteiger partial charge < -0.3 is 14.2 Å². The van der Waals surface area contributed by atoms with Crippen LogP contribution in [0, 0.1) is 5.92 Å². The molecule has 0 radical (unpaired) electrons. The Balaban J connectivity index is 1.30. The van der Waals surface area contributed by atoms with Crippen molar-refractivity contribution in [3.63, 3.8) is 0 Å². The highest BCUT2D eigenvalue weighted by molar-refractivity contribution is 6.30. The highest BCUT2D eigenvalue weighted by Crippen LogP contribution is 2.32. The lowest BCUT2D eigenvalue weighted by Gasteiger charge is -2.32. The number of halogens is 1. The lowest BCUT2D eigenvalue weighted by atomic mass is 9.96. The third-order valence-electron chi connectivity index (χ3n) is 6.03. The minimum atomic E-state index is -0.622. The van der Waals surface area contributed by atoms with Crippen LogP contribution in [-0.2, 0) is 9.59 Å². The lowest BCUT2D eigenvalue weighted by Crippen LogP contribution is -2.44. The molecule has 0 bridgehead atoms. The quantitative estimate of drug-likeness (QED) is 0.591. The average Bonchev–Trinajstić information content (AvgIpc) is 3.38. The van der Waals surface area contributed by atoms with Gasteiger partial charge in [0.15, 0.2) is 11.5 Å². The third kappa shape index (κ3) is 3.45. The number of para-hydroxylation sites is 2. The fourth-order valence-electron chi connectivity index (χ4n) is 4.45. The van der Waals surface area contributed by atoms with Gasteiger partial charge >= 0.3 is 0 Å². The van der Waals surface area contributed by atoms with E-state index in [1.807, 2.05) is 41.3 Å². The number of benzene rings is 2. The first-order valence-corrected chi connectivity index (χ1v) is 10.7. The number of fused-ring (bicyclic) bond motifs is 1. The van der Waals surface area contributed by atoms with Gasteiger partial charge in [0, 0.05) is 30.3 Å². The molecule has 6 nitrogen and oxygen atoms in total. The van der Waals surface area contributed by atoms with Crippen molar-refractivity contribution in [3.8, 4) is 0 Å². The Labute approximate surface area is 179 Å². The Morgan fingerprint density at radius 2 is 1.87 bits per heavy atom. The third-order valence-corrected chi connectivity index (χ3v) is 6.29. The maximum Gasteiger partial charge on any atom is 0.239 e. The number of carbonyl (C=O) groups is 2. The Hall–Kier alpha value is -2.86. The van der Waals surface area contributed by atoms with E-state index in [1.165, 1.54) is 0 Å². The highest BCUT2D eigenvalue weighted by Gasteiger charge is 2.41. The van der Waals surface area contributed by atoms with Crippen LogP contribution in [0.1, 0.15) is 31.1 Å². The van der Waals surface area contributed by atoms with Crippen molar-refractivity contribution >= 4 is 40.2 Å². The van der Waals surface area contributed by atoms with E-state index in [0.29, 0.717) is 37.0 Å². The maximum absolute atomic E-state index is 13.2. The van der Waals surface area contributed by atoms with Crippen LogP contribution in [0.4, 0.5) is 5.69 Å². The molecule has 0 spiro atoms. The number of anilines is 1. The van der Waals surface area contributed by atoms with Gasteiger partial charge in [0.25, 0.3) is 0 Å². The zero-order valence-electron chi connectivity index (χ0n) is 16.5. The molecule has 2 saturated heterocycles. The molecule has 2 unspecified atom stereocenters. The van der Waals surface area contributed by atoms with Gasteiger partial charge in [-0.05, 0) is 55.7 Å². The largest absolute Gasteiger partial charge is 0.440 e. The second-order valence-corrected chi connectivity index (χ2v) is 8.39. The Kier molecular flexibility index (Phi) is 4.95. The SMILES string of the molecule is O=C(C1CCN(c2ccc(Cl)cc2)C1=O)N1CCCC(c2nc3ccccc3o2)C1. The normalized spacial score (nSPS) is 22.1. The van der Waals surface area contributed by atoms with E-state index < -0.39 is 5.92 Å². The number of oxazole rings is 1. The van der Waals surface area contributed by atoms with Crippen LogP contribution < -0.4 is 4.90 Å². The van der Waals surface area contributed by atoms with Gasteiger partial charge in [-0.3, -0.25) is 9.59 Å². The summed E-state index contributed by atoms with van der Waals surface area (Å²) >= 11 is 5.95. The van der Waals surface area contributed by atoms with Crippen molar-refractivity contribution in [3.05, 3.63) is 59.4 Å². The second-order valence-electron chi connectivity index (χ2n) is 7.95. The molecule has 3 aromatic rings. The van der Waals surface area contributed by atoms with E-state index in [0.717, 1.165) is 29.6 Å². The number of rotatable bonds is 3. The number of piperidine rings is 1.